The second-order valence-corrected chi connectivity index (χ2v) is 4.24. The molecular formula is C10H6BrFN4O3. The number of hydrogen-bond donors (Lipinski definition) is 1. The van der Waals surface area contributed by atoms with Crippen LogP contribution in [0.4, 0.5) is 15.9 Å². The molecule has 0 unspecified atom stereocenters. The molecule has 0 spiro atoms. The van der Waals surface area contributed by atoms with E-state index >= 15 is 0 Å². The number of nitrogens with two attached hydrogens (primary N) is 1. The summed E-state index contributed by atoms with van der Waals surface area (Å²) in [6.07, 6.45) is 0. The summed E-state index contributed by atoms with van der Waals surface area (Å²) in [6.45, 7) is 0. The van der Waals surface area contributed by atoms with Gasteiger partial charge in [-0.15, -0.1) is 10.2 Å². The van der Waals surface area contributed by atoms with Gasteiger partial charge in [-0.2, -0.15) is 0 Å². The van der Waals surface area contributed by atoms with Crippen LogP contribution in [0, 0.1) is 15.9 Å². The summed E-state index contributed by atoms with van der Waals surface area (Å²) < 4.78 is 18.5. The SMILES string of the molecule is Nc1ccc(Oc2cc(F)c(Br)cc2[N+](=O)[O-])nn1. The lowest BCUT2D eigenvalue weighted by Crippen LogP contribution is -1.98. The van der Waals surface area contributed by atoms with Gasteiger partial charge in [-0.25, -0.2) is 4.39 Å². The van der Waals surface area contributed by atoms with E-state index in [-0.39, 0.29) is 21.9 Å². The Hall–Kier alpha value is -2.29. The predicted molar refractivity (Wildman–Crippen MR) is 67.3 cm³/mol. The molecule has 0 bridgehead atoms. The van der Waals surface area contributed by atoms with Crippen molar-refractivity contribution < 1.29 is 14.1 Å². The molecule has 7 nitrogen and oxygen atoms in total. The fraction of sp³-hybridized carbons (Fsp3) is 0. The van der Waals surface area contributed by atoms with Crippen molar-refractivity contribution in [3.8, 4) is 11.6 Å². The Balaban J connectivity index is 2.41. The third-order valence-electron chi connectivity index (χ3n) is 2.07. The van der Waals surface area contributed by atoms with E-state index in [4.69, 9.17) is 10.5 Å². The van der Waals surface area contributed by atoms with E-state index in [9.17, 15) is 14.5 Å². The van der Waals surface area contributed by atoms with Gasteiger partial charge in [-0.3, -0.25) is 10.1 Å². The van der Waals surface area contributed by atoms with E-state index in [0.29, 0.717) is 0 Å². The molecule has 0 fully saturated rings. The van der Waals surface area contributed by atoms with Gasteiger partial charge >= 0.3 is 5.69 Å². The number of rotatable bonds is 3. The maximum atomic E-state index is 13.4. The molecule has 9 heteroatoms. The van der Waals surface area contributed by atoms with Gasteiger partial charge in [0.1, 0.15) is 11.6 Å². The molecule has 0 amide bonds. The first-order valence-corrected chi connectivity index (χ1v) is 5.67. The zero-order chi connectivity index (χ0) is 14.0. The molecule has 0 aliphatic carbocycles. The quantitative estimate of drug-likeness (QED) is 0.686. The van der Waals surface area contributed by atoms with E-state index in [1.807, 2.05) is 0 Å². The van der Waals surface area contributed by atoms with E-state index in [1.165, 1.54) is 12.1 Å². The van der Waals surface area contributed by atoms with Crippen LogP contribution in [0.25, 0.3) is 0 Å². The highest BCUT2D eigenvalue weighted by atomic mass is 79.9. The molecule has 0 aliphatic rings. The third-order valence-corrected chi connectivity index (χ3v) is 2.68. The second-order valence-electron chi connectivity index (χ2n) is 3.39. The normalized spacial score (nSPS) is 10.2. The van der Waals surface area contributed by atoms with Gasteiger partial charge in [0.2, 0.25) is 11.6 Å². The standard InChI is InChI=1S/C10H6BrFN4O3/c11-5-3-7(16(17)18)8(4-6(5)12)19-10-2-1-9(13)14-15-10/h1-4H,(H2,13,14). The van der Waals surface area contributed by atoms with Crippen LogP contribution in [-0.2, 0) is 0 Å². The van der Waals surface area contributed by atoms with Crippen LogP contribution in [0.1, 0.15) is 0 Å². The highest BCUT2D eigenvalue weighted by Crippen LogP contribution is 2.34. The van der Waals surface area contributed by atoms with Gasteiger partial charge in [-0.1, -0.05) is 0 Å². The summed E-state index contributed by atoms with van der Waals surface area (Å²) in [6, 6.07) is 4.67. The lowest BCUT2D eigenvalue weighted by molar-refractivity contribution is -0.385. The van der Waals surface area contributed by atoms with Crippen LogP contribution >= 0.6 is 15.9 Å². The molecule has 1 aromatic carbocycles. The van der Waals surface area contributed by atoms with Crippen molar-refractivity contribution in [2.24, 2.45) is 0 Å². The smallest absolute Gasteiger partial charge is 0.312 e. The van der Waals surface area contributed by atoms with Gasteiger partial charge < -0.3 is 10.5 Å². The Morgan fingerprint density at radius 1 is 1.37 bits per heavy atom. The number of benzene rings is 1. The predicted octanol–water partition coefficient (Wildman–Crippen LogP) is 2.66. The van der Waals surface area contributed by atoms with Crippen molar-refractivity contribution in [2.75, 3.05) is 5.73 Å². The van der Waals surface area contributed by atoms with Crippen molar-refractivity contribution in [1.29, 1.82) is 0 Å². The van der Waals surface area contributed by atoms with Gasteiger partial charge in [0.15, 0.2) is 0 Å². The minimum Gasteiger partial charge on any atom is -0.430 e. The van der Waals surface area contributed by atoms with E-state index < -0.39 is 16.4 Å². The van der Waals surface area contributed by atoms with Crippen molar-refractivity contribution in [3.63, 3.8) is 0 Å². The number of nitro groups is 1. The Labute approximate surface area is 114 Å². The Kier molecular flexibility index (Phi) is 3.56. The molecule has 0 atom stereocenters. The molecule has 0 radical (unpaired) electrons. The first-order valence-electron chi connectivity index (χ1n) is 4.88. The Morgan fingerprint density at radius 2 is 2.11 bits per heavy atom. The summed E-state index contributed by atoms with van der Waals surface area (Å²) in [5.74, 6) is -0.823. The average Bonchev–Trinajstić information content (AvgIpc) is 2.36. The van der Waals surface area contributed by atoms with E-state index in [1.54, 1.807) is 0 Å². The van der Waals surface area contributed by atoms with Crippen LogP contribution in [0.3, 0.4) is 0 Å². The van der Waals surface area contributed by atoms with Gasteiger partial charge in [0.05, 0.1) is 9.40 Å². The fourth-order valence-electron chi connectivity index (χ4n) is 1.24. The molecule has 1 heterocycles. The minimum absolute atomic E-state index is 0.0287. The fourth-order valence-corrected chi connectivity index (χ4v) is 1.57. The van der Waals surface area contributed by atoms with Crippen LogP contribution < -0.4 is 10.5 Å². The molecule has 0 saturated heterocycles. The van der Waals surface area contributed by atoms with Crippen LogP contribution in [0.5, 0.6) is 11.6 Å². The van der Waals surface area contributed by atoms with Crippen molar-refractivity contribution in [3.05, 3.63) is 44.7 Å². The average molecular weight is 329 g/mol. The highest BCUT2D eigenvalue weighted by molar-refractivity contribution is 9.10. The van der Waals surface area contributed by atoms with E-state index in [0.717, 1.165) is 12.1 Å². The molecule has 19 heavy (non-hydrogen) atoms. The topological polar surface area (TPSA) is 104 Å². The maximum absolute atomic E-state index is 13.4. The van der Waals surface area contributed by atoms with Crippen LogP contribution in [0.2, 0.25) is 0 Å². The lowest BCUT2D eigenvalue weighted by Gasteiger charge is -2.05. The van der Waals surface area contributed by atoms with Crippen molar-refractivity contribution >= 4 is 27.4 Å². The number of hydrogen-bond acceptors (Lipinski definition) is 6. The monoisotopic (exact) mass is 328 g/mol. The van der Waals surface area contributed by atoms with Crippen molar-refractivity contribution in [1.82, 2.24) is 10.2 Å². The van der Waals surface area contributed by atoms with E-state index in [2.05, 4.69) is 26.1 Å². The Bertz CT molecular complexity index is 635. The van der Waals surface area contributed by atoms with Gasteiger partial charge in [0.25, 0.3) is 0 Å². The number of aromatic nitrogens is 2. The first kappa shape index (κ1) is 13.1. The summed E-state index contributed by atoms with van der Waals surface area (Å²) in [5.41, 5.74) is 4.94. The molecular weight excluding hydrogens is 323 g/mol. The number of nitro benzene ring substituents is 1. The summed E-state index contributed by atoms with van der Waals surface area (Å²) in [7, 11) is 0. The number of nitrogen functional groups attached to an aromatic ring is 1. The molecule has 2 aromatic rings. The van der Waals surface area contributed by atoms with Gasteiger partial charge in [0, 0.05) is 18.2 Å². The molecule has 98 valence electrons. The highest BCUT2D eigenvalue weighted by Gasteiger charge is 2.20. The van der Waals surface area contributed by atoms with Crippen LogP contribution in [0.15, 0.2) is 28.7 Å². The lowest BCUT2D eigenvalue weighted by atomic mass is 10.3. The number of anilines is 1. The molecule has 1 aromatic heterocycles. The first-order chi connectivity index (χ1) is 8.97. The summed E-state index contributed by atoms with van der Waals surface area (Å²) in [5, 5.41) is 17.9. The Morgan fingerprint density at radius 3 is 2.68 bits per heavy atom. The zero-order valence-electron chi connectivity index (χ0n) is 9.21. The maximum Gasteiger partial charge on any atom is 0.312 e. The molecule has 0 saturated carbocycles. The largest absolute Gasteiger partial charge is 0.430 e. The van der Waals surface area contributed by atoms with Gasteiger partial charge in [-0.05, 0) is 22.0 Å². The summed E-state index contributed by atoms with van der Waals surface area (Å²) >= 11 is 2.86. The minimum atomic E-state index is -0.691. The number of nitrogens with zero attached hydrogens (tertiary/aromatic N) is 3. The number of ether oxygens (including phenoxy) is 1. The summed E-state index contributed by atoms with van der Waals surface area (Å²) in [4.78, 5) is 10.2. The molecule has 0 aliphatic heterocycles. The van der Waals surface area contributed by atoms with Crippen LogP contribution in [-0.4, -0.2) is 15.1 Å². The third kappa shape index (κ3) is 2.94. The second kappa shape index (κ2) is 5.14. The molecule has 2 rings (SSSR count). The van der Waals surface area contributed by atoms with Crippen molar-refractivity contribution in [2.45, 2.75) is 0 Å². The number of halogens is 2. The zero-order valence-corrected chi connectivity index (χ0v) is 10.8. The molecule has 2 N–H and O–H groups in total.